The lowest BCUT2D eigenvalue weighted by molar-refractivity contribution is 0.182. The number of anilines is 1. The summed E-state index contributed by atoms with van der Waals surface area (Å²) >= 11 is 0. The summed E-state index contributed by atoms with van der Waals surface area (Å²) in [5, 5.41) is 0. The van der Waals surface area contributed by atoms with Crippen LogP contribution >= 0.6 is 8.60 Å². The normalized spacial score (nSPS) is 22.3. The Labute approximate surface area is 130 Å². The van der Waals surface area contributed by atoms with Gasteiger partial charge in [-0.05, 0) is 0 Å². The van der Waals surface area contributed by atoms with E-state index in [0.717, 1.165) is 0 Å². The summed E-state index contributed by atoms with van der Waals surface area (Å²) in [4.78, 5) is 22.0. The zero-order valence-corrected chi connectivity index (χ0v) is 13.0. The standard InChI is InChI=1S/C12H16N5O4P.2H2/c1-19-11-9-10(15-12(13)16-11)17(6-14-9)7-3-4-8(5-7)21-22(18)20-2;;/h3-4,6-8,18H,5H2,1-2H3,(H2,13,15,16);2*1H/t7-,8+,22?;;/m0../s1. The number of aromatic nitrogens is 4. The van der Waals surface area contributed by atoms with Crippen molar-refractivity contribution in [1.82, 2.24) is 19.5 Å². The van der Waals surface area contributed by atoms with Gasteiger partial charge in [0.2, 0.25) is 11.8 Å². The SMILES string of the molecule is COc1nc(N)nc2c1ncn2[C@H]1C=C[C@@H](OP(O)OC)C1.[HH].[HH]. The molecule has 3 rings (SSSR count). The van der Waals surface area contributed by atoms with Gasteiger partial charge in [0, 0.05) is 16.4 Å². The molecule has 2 aromatic rings. The second-order valence-corrected chi connectivity index (χ2v) is 5.72. The van der Waals surface area contributed by atoms with Crippen LogP contribution in [0.5, 0.6) is 5.88 Å². The van der Waals surface area contributed by atoms with Crippen LogP contribution in [0.1, 0.15) is 15.3 Å². The first kappa shape index (κ1) is 15.1. The van der Waals surface area contributed by atoms with Crippen LogP contribution in [0.3, 0.4) is 0 Å². The van der Waals surface area contributed by atoms with Crippen molar-refractivity contribution in [3.8, 4) is 5.88 Å². The average Bonchev–Trinajstić information content (AvgIpc) is 3.12. The number of ether oxygens (including phenoxy) is 1. The van der Waals surface area contributed by atoms with E-state index in [1.54, 1.807) is 6.33 Å². The van der Waals surface area contributed by atoms with Gasteiger partial charge >= 0.3 is 8.60 Å². The lowest BCUT2D eigenvalue weighted by Gasteiger charge is -2.16. The van der Waals surface area contributed by atoms with Gasteiger partial charge in [0.25, 0.3) is 0 Å². The highest BCUT2D eigenvalue weighted by Crippen LogP contribution is 2.38. The maximum atomic E-state index is 9.43. The van der Waals surface area contributed by atoms with Gasteiger partial charge < -0.3 is 29.0 Å². The summed E-state index contributed by atoms with van der Waals surface area (Å²) in [7, 11) is 1.05. The highest BCUT2D eigenvalue weighted by molar-refractivity contribution is 7.40. The van der Waals surface area contributed by atoms with Crippen molar-refractivity contribution < 1.29 is 21.5 Å². The number of imidazole rings is 1. The number of nitrogen functional groups attached to an aromatic ring is 1. The van der Waals surface area contributed by atoms with Crippen molar-refractivity contribution in [3.05, 3.63) is 18.5 Å². The van der Waals surface area contributed by atoms with Gasteiger partial charge in [0.1, 0.15) is 0 Å². The molecule has 2 heterocycles. The number of methoxy groups -OCH3 is 1. The Balaban J connectivity index is 0.00000144. The van der Waals surface area contributed by atoms with Crippen LogP contribution < -0.4 is 10.5 Å². The Hall–Kier alpha value is -1.80. The zero-order chi connectivity index (χ0) is 15.7. The summed E-state index contributed by atoms with van der Waals surface area (Å²) in [5.74, 6) is 0.466. The predicted octanol–water partition coefficient (Wildman–Crippen LogP) is 1.66. The fourth-order valence-electron chi connectivity index (χ4n) is 2.38. The Kier molecular flexibility index (Phi) is 4.21. The molecule has 9 nitrogen and oxygen atoms in total. The smallest absolute Gasteiger partial charge is 0.330 e. The molecule has 122 valence electrons. The van der Waals surface area contributed by atoms with Crippen molar-refractivity contribution in [1.29, 1.82) is 0 Å². The third-order valence-electron chi connectivity index (χ3n) is 3.36. The number of nitrogens with two attached hydrogens (primary N) is 1. The molecule has 10 heteroatoms. The highest BCUT2D eigenvalue weighted by atomic mass is 31.2. The molecule has 3 N–H and O–H groups in total. The summed E-state index contributed by atoms with van der Waals surface area (Å²) in [6.07, 6.45) is 5.93. The van der Waals surface area contributed by atoms with E-state index in [0.29, 0.717) is 23.5 Å². The highest BCUT2D eigenvalue weighted by Gasteiger charge is 2.26. The van der Waals surface area contributed by atoms with E-state index in [4.69, 9.17) is 19.5 Å². The van der Waals surface area contributed by atoms with Crippen molar-refractivity contribution in [2.45, 2.75) is 18.6 Å². The van der Waals surface area contributed by atoms with Gasteiger partial charge in [-0.3, -0.25) is 0 Å². The first-order chi connectivity index (χ1) is 10.6. The van der Waals surface area contributed by atoms with Crippen LogP contribution in [0.25, 0.3) is 11.2 Å². The van der Waals surface area contributed by atoms with E-state index in [1.165, 1.54) is 14.2 Å². The van der Waals surface area contributed by atoms with E-state index in [9.17, 15) is 4.89 Å². The minimum absolute atomic E-state index is 0. The first-order valence-electron chi connectivity index (χ1n) is 6.54. The number of nitrogens with zero attached hydrogens (tertiary/aromatic N) is 4. The minimum atomic E-state index is -1.86. The van der Waals surface area contributed by atoms with E-state index in [2.05, 4.69) is 15.0 Å². The van der Waals surface area contributed by atoms with E-state index in [-0.39, 0.29) is 20.9 Å². The summed E-state index contributed by atoms with van der Waals surface area (Å²) < 4.78 is 17.2. The predicted molar refractivity (Wildman–Crippen MR) is 84.3 cm³/mol. The third-order valence-corrected chi connectivity index (χ3v) is 4.12. The molecule has 0 aliphatic heterocycles. The van der Waals surface area contributed by atoms with Gasteiger partial charge in [-0.2, -0.15) is 9.97 Å². The third kappa shape index (κ3) is 2.76. The molecular weight excluding hydrogens is 309 g/mol. The summed E-state index contributed by atoms with van der Waals surface area (Å²) in [5.41, 5.74) is 6.85. The van der Waals surface area contributed by atoms with Crippen LogP contribution in [0.15, 0.2) is 18.5 Å². The first-order valence-corrected chi connectivity index (χ1v) is 7.67. The van der Waals surface area contributed by atoms with Gasteiger partial charge in [0.15, 0.2) is 11.2 Å². The molecule has 0 spiro atoms. The number of allylic oxidation sites excluding steroid dienone is 1. The molecule has 0 amide bonds. The molecular formula is C12H20N5O4P. The Morgan fingerprint density at radius 2 is 2.23 bits per heavy atom. The number of hydrogen-bond acceptors (Lipinski definition) is 8. The van der Waals surface area contributed by atoms with Crippen LogP contribution in [0, 0.1) is 0 Å². The van der Waals surface area contributed by atoms with E-state index < -0.39 is 8.60 Å². The minimum Gasteiger partial charge on any atom is -0.479 e. The number of hydrogen-bond donors (Lipinski definition) is 2. The fraction of sp³-hybridized carbons (Fsp3) is 0.417. The molecule has 0 saturated heterocycles. The second kappa shape index (κ2) is 6.13. The number of fused-ring (bicyclic) bond motifs is 1. The van der Waals surface area contributed by atoms with Gasteiger partial charge in [-0.25, -0.2) is 4.98 Å². The molecule has 22 heavy (non-hydrogen) atoms. The maximum absolute atomic E-state index is 9.43. The Morgan fingerprint density at radius 1 is 1.41 bits per heavy atom. The zero-order valence-electron chi connectivity index (χ0n) is 12.1. The van der Waals surface area contributed by atoms with Crippen molar-refractivity contribution in [2.24, 2.45) is 0 Å². The molecule has 0 aromatic carbocycles. The fourth-order valence-corrected chi connectivity index (χ4v) is 2.86. The van der Waals surface area contributed by atoms with Gasteiger partial charge in [0.05, 0.1) is 25.6 Å². The van der Waals surface area contributed by atoms with E-state index in [1.807, 2.05) is 16.7 Å². The summed E-state index contributed by atoms with van der Waals surface area (Å²) in [6.45, 7) is 0. The largest absolute Gasteiger partial charge is 0.479 e. The molecule has 0 fully saturated rings. The van der Waals surface area contributed by atoms with Crippen molar-refractivity contribution >= 4 is 25.7 Å². The van der Waals surface area contributed by atoms with Crippen molar-refractivity contribution in [2.75, 3.05) is 20.0 Å². The quantitative estimate of drug-likeness (QED) is 0.628. The lowest BCUT2D eigenvalue weighted by Crippen LogP contribution is -2.10. The molecule has 2 aromatic heterocycles. The van der Waals surface area contributed by atoms with Gasteiger partial charge in [-0.1, -0.05) is 12.2 Å². The lowest BCUT2D eigenvalue weighted by atomic mass is 10.2. The van der Waals surface area contributed by atoms with Crippen LogP contribution in [-0.2, 0) is 9.05 Å². The van der Waals surface area contributed by atoms with E-state index >= 15 is 0 Å². The Morgan fingerprint density at radius 3 is 2.95 bits per heavy atom. The summed E-state index contributed by atoms with van der Waals surface area (Å²) in [6, 6.07) is -0.00531. The second-order valence-electron chi connectivity index (χ2n) is 4.67. The number of rotatable bonds is 5. The van der Waals surface area contributed by atoms with Crippen LogP contribution in [0.4, 0.5) is 5.95 Å². The van der Waals surface area contributed by atoms with Crippen molar-refractivity contribution in [3.63, 3.8) is 0 Å². The molecule has 1 aliphatic rings. The van der Waals surface area contributed by atoms with Crippen LogP contribution in [-0.4, -0.2) is 44.7 Å². The van der Waals surface area contributed by atoms with Gasteiger partial charge in [-0.15, -0.1) is 0 Å². The monoisotopic (exact) mass is 329 g/mol. The molecule has 1 unspecified atom stereocenters. The average molecular weight is 329 g/mol. The maximum Gasteiger partial charge on any atom is 0.330 e. The molecule has 0 bridgehead atoms. The molecule has 0 radical (unpaired) electrons. The topological polar surface area (TPSA) is 118 Å². The Bertz CT molecular complexity index is 716. The molecule has 3 atom stereocenters. The van der Waals surface area contributed by atoms with Crippen LogP contribution in [0.2, 0.25) is 0 Å². The molecule has 1 aliphatic carbocycles. The molecule has 0 saturated carbocycles.